The maximum absolute atomic E-state index is 2.45. The van der Waals surface area contributed by atoms with Gasteiger partial charge in [-0.25, -0.2) is 0 Å². The summed E-state index contributed by atoms with van der Waals surface area (Å²) in [4.78, 5) is 0. The van der Waals surface area contributed by atoms with Crippen molar-refractivity contribution >= 4 is 11.6 Å². The normalized spacial score (nSPS) is 12.4. The largest absolute Gasteiger partial charge is 0.0764 e. The summed E-state index contributed by atoms with van der Waals surface area (Å²) in [5.41, 5.74) is 6.84. The van der Waals surface area contributed by atoms with Gasteiger partial charge >= 0.3 is 0 Å². The summed E-state index contributed by atoms with van der Waals surface area (Å²) < 4.78 is 0. The van der Waals surface area contributed by atoms with Crippen molar-refractivity contribution in [3.63, 3.8) is 0 Å². The first kappa shape index (κ1) is 19.2. The third-order valence-electron chi connectivity index (χ3n) is 4.55. The summed E-state index contributed by atoms with van der Waals surface area (Å²) in [6.45, 7) is 6.67. The lowest BCUT2D eigenvalue weighted by atomic mass is 9.91. The molecule has 2 aromatic rings. The average Bonchev–Trinajstić information content (AvgIpc) is 2.65. The number of rotatable bonds is 9. The van der Waals surface area contributed by atoms with Crippen molar-refractivity contribution < 1.29 is 0 Å². The zero-order chi connectivity index (χ0) is 17.9. The van der Waals surface area contributed by atoms with Gasteiger partial charge in [0.15, 0.2) is 0 Å². The van der Waals surface area contributed by atoms with Crippen LogP contribution in [0.25, 0.3) is 11.6 Å². The van der Waals surface area contributed by atoms with Gasteiger partial charge in [-0.3, -0.25) is 0 Å². The molecule has 0 aliphatic rings. The fourth-order valence-corrected chi connectivity index (χ4v) is 3.02. The Morgan fingerprint density at radius 1 is 0.840 bits per heavy atom. The molecule has 0 spiro atoms. The lowest BCUT2D eigenvalue weighted by molar-refractivity contribution is 0.798. The second-order valence-electron chi connectivity index (χ2n) is 6.81. The maximum Gasteiger partial charge on any atom is -0.0184 e. The third kappa shape index (κ3) is 6.38. The molecule has 0 amide bonds. The van der Waals surface area contributed by atoms with Crippen LogP contribution in [0.3, 0.4) is 0 Å². The third-order valence-corrected chi connectivity index (χ3v) is 4.55. The molecule has 0 heteroatoms. The lowest BCUT2D eigenvalue weighted by Gasteiger charge is -2.14. The van der Waals surface area contributed by atoms with Crippen LogP contribution >= 0.6 is 0 Å². The summed E-state index contributed by atoms with van der Waals surface area (Å²) in [6.07, 6.45) is 12.1. The van der Waals surface area contributed by atoms with Crippen LogP contribution in [0.2, 0.25) is 0 Å². The van der Waals surface area contributed by atoms with E-state index in [0.717, 1.165) is 12.8 Å². The monoisotopic (exact) mass is 332 g/mol. The molecule has 0 saturated heterocycles. The average molecular weight is 333 g/mol. The molecule has 0 unspecified atom stereocenters. The maximum atomic E-state index is 2.45. The number of benzene rings is 2. The van der Waals surface area contributed by atoms with Gasteiger partial charge in [-0.05, 0) is 48.5 Å². The van der Waals surface area contributed by atoms with Gasteiger partial charge in [0, 0.05) is 0 Å². The Hall–Kier alpha value is -2.08. The number of hydrogen-bond acceptors (Lipinski definition) is 0. The molecule has 0 fully saturated rings. The van der Waals surface area contributed by atoms with Gasteiger partial charge in [0.2, 0.25) is 0 Å². The first-order chi connectivity index (χ1) is 12.2. The van der Waals surface area contributed by atoms with Gasteiger partial charge in [-0.1, -0.05) is 105 Å². The van der Waals surface area contributed by atoms with E-state index in [4.69, 9.17) is 0 Å². The van der Waals surface area contributed by atoms with Crippen LogP contribution in [0.15, 0.2) is 66.2 Å². The fourth-order valence-electron chi connectivity index (χ4n) is 3.02. The second kappa shape index (κ2) is 10.7. The van der Waals surface area contributed by atoms with Crippen LogP contribution in [0.1, 0.15) is 69.1 Å². The van der Waals surface area contributed by atoms with Crippen LogP contribution in [0.4, 0.5) is 0 Å². The highest BCUT2D eigenvalue weighted by atomic mass is 14.1. The second-order valence-corrected chi connectivity index (χ2v) is 6.81. The Kier molecular flexibility index (Phi) is 8.25. The number of unbranched alkanes of at least 4 members (excludes halogenated alkanes) is 3. The SMILES string of the molecule is CCCC/C=C(/C(=C/c1ccc(C)cc1)CCCC)c1ccccc1. The zero-order valence-electron chi connectivity index (χ0n) is 16.1. The molecule has 0 heterocycles. The zero-order valence-corrected chi connectivity index (χ0v) is 16.1. The van der Waals surface area contributed by atoms with Gasteiger partial charge in [-0.15, -0.1) is 0 Å². The van der Waals surface area contributed by atoms with Crippen LogP contribution < -0.4 is 0 Å². The summed E-state index contributed by atoms with van der Waals surface area (Å²) in [5.74, 6) is 0. The van der Waals surface area contributed by atoms with Crippen molar-refractivity contribution in [2.75, 3.05) is 0 Å². The van der Waals surface area contributed by atoms with Crippen LogP contribution in [-0.2, 0) is 0 Å². The molecule has 0 radical (unpaired) electrons. The van der Waals surface area contributed by atoms with E-state index < -0.39 is 0 Å². The van der Waals surface area contributed by atoms with Gasteiger partial charge < -0.3 is 0 Å². The lowest BCUT2D eigenvalue weighted by Crippen LogP contribution is -1.92. The van der Waals surface area contributed by atoms with Crippen LogP contribution in [0, 0.1) is 6.92 Å². The molecular formula is C25H32. The molecular weight excluding hydrogens is 300 g/mol. The number of aryl methyl sites for hydroxylation is 1. The Morgan fingerprint density at radius 3 is 2.16 bits per heavy atom. The Balaban J connectivity index is 2.41. The first-order valence-corrected chi connectivity index (χ1v) is 9.77. The van der Waals surface area contributed by atoms with E-state index in [1.165, 1.54) is 53.5 Å². The standard InChI is InChI=1S/C25H32/c1-4-6-9-15-25(23-13-10-8-11-14-23)24(12-7-5-2)20-22-18-16-21(3)17-19-22/h8,10-11,13-20H,4-7,9,12H2,1-3H3/b24-20+,25-15+. The molecule has 0 nitrogen and oxygen atoms in total. The van der Waals surface area contributed by atoms with E-state index in [1.807, 2.05) is 0 Å². The van der Waals surface area contributed by atoms with Gasteiger partial charge in [-0.2, -0.15) is 0 Å². The van der Waals surface area contributed by atoms with E-state index in [-0.39, 0.29) is 0 Å². The molecule has 0 saturated carbocycles. The van der Waals surface area contributed by atoms with Crippen molar-refractivity contribution in [1.82, 2.24) is 0 Å². The van der Waals surface area contributed by atoms with E-state index in [9.17, 15) is 0 Å². The molecule has 0 N–H and O–H groups in total. The minimum atomic E-state index is 1.14. The van der Waals surface area contributed by atoms with Gasteiger partial charge in [0.05, 0.1) is 0 Å². The Bertz CT molecular complexity index is 672. The van der Waals surface area contributed by atoms with Crippen LogP contribution in [0.5, 0.6) is 0 Å². The predicted molar refractivity (Wildman–Crippen MR) is 113 cm³/mol. The predicted octanol–water partition coefficient (Wildman–Crippen LogP) is 7.84. The topological polar surface area (TPSA) is 0 Å². The molecule has 2 aromatic carbocycles. The molecule has 132 valence electrons. The summed E-state index contributed by atoms with van der Waals surface area (Å²) in [7, 11) is 0. The van der Waals surface area contributed by atoms with E-state index >= 15 is 0 Å². The highest BCUT2D eigenvalue weighted by Crippen LogP contribution is 2.30. The van der Waals surface area contributed by atoms with E-state index in [1.54, 1.807) is 0 Å². The number of hydrogen-bond donors (Lipinski definition) is 0. The molecule has 2 rings (SSSR count). The summed E-state index contributed by atoms with van der Waals surface area (Å²) in [5, 5.41) is 0. The Labute approximate surface area is 154 Å². The minimum Gasteiger partial charge on any atom is -0.0764 e. The number of allylic oxidation sites excluding steroid dienone is 3. The highest BCUT2D eigenvalue weighted by molar-refractivity contribution is 5.84. The molecule has 0 bridgehead atoms. The van der Waals surface area contributed by atoms with Crippen molar-refractivity contribution in [2.45, 2.75) is 59.3 Å². The fraction of sp³-hybridized carbons (Fsp3) is 0.360. The van der Waals surface area contributed by atoms with E-state index in [0.29, 0.717) is 0 Å². The van der Waals surface area contributed by atoms with Crippen molar-refractivity contribution in [2.24, 2.45) is 0 Å². The first-order valence-electron chi connectivity index (χ1n) is 9.77. The van der Waals surface area contributed by atoms with Gasteiger partial charge in [0.1, 0.15) is 0 Å². The Morgan fingerprint density at radius 2 is 1.52 bits per heavy atom. The van der Waals surface area contributed by atoms with Crippen molar-refractivity contribution in [3.05, 3.63) is 82.9 Å². The quantitative estimate of drug-likeness (QED) is 0.324. The van der Waals surface area contributed by atoms with Gasteiger partial charge in [0.25, 0.3) is 0 Å². The van der Waals surface area contributed by atoms with Crippen molar-refractivity contribution in [1.29, 1.82) is 0 Å². The highest BCUT2D eigenvalue weighted by Gasteiger charge is 2.08. The van der Waals surface area contributed by atoms with E-state index in [2.05, 4.69) is 87.5 Å². The molecule has 0 aromatic heterocycles. The molecule has 0 aliphatic heterocycles. The summed E-state index contributed by atoms with van der Waals surface area (Å²) in [6, 6.07) is 19.7. The smallest absolute Gasteiger partial charge is 0.0184 e. The minimum absolute atomic E-state index is 1.14. The summed E-state index contributed by atoms with van der Waals surface area (Å²) >= 11 is 0. The van der Waals surface area contributed by atoms with Crippen LogP contribution in [-0.4, -0.2) is 0 Å². The molecule has 0 aliphatic carbocycles. The molecule has 25 heavy (non-hydrogen) atoms. The van der Waals surface area contributed by atoms with Crippen molar-refractivity contribution in [3.8, 4) is 0 Å². The molecule has 0 atom stereocenters.